The van der Waals surface area contributed by atoms with E-state index in [1.54, 1.807) is 24.5 Å². The Balaban J connectivity index is 1.56. The molecule has 0 radical (unpaired) electrons. The van der Waals surface area contributed by atoms with Crippen LogP contribution in [0.1, 0.15) is 48.3 Å². The molecule has 1 amide bonds. The number of aryl methyl sites for hydroxylation is 2. The second kappa shape index (κ2) is 8.57. The molecule has 4 heterocycles. The minimum atomic E-state index is -0.0715. The number of furan rings is 1. The van der Waals surface area contributed by atoms with Gasteiger partial charge in [0.05, 0.1) is 23.7 Å². The third kappa shape index (κ3) is 4.71. The van der Waals surface area contributed by atoms with Crippen molar-refractivity contribution in [2.24, 2.45) is 0 Å². The second-order valence-electron chi connectivity index (χ2n) is 7.04. The average Bonchev–Trinajstić information content (AvgIpc) is 3.37. The zero-order valence-electron chi connectivity index (χ0n) is 16.5. The molecule has 1 unspecified atom stereocenters. The van der Waals surface area contributed by atoms with E-state index in [-0.39, 0.29) is 11.9 Å². The second-order valence-corrected chi connectivity index (χ2v) is 7.89. The quantitative estimate of drug-likeness (QED) is 0.617. The van der Waals surface area contributed by atoms with Crippen LogP contribution >= 0.6 is 11.3 Å². The van der Waals surface area contributed by atoms with Crippen LogP contribution in [0, 0.1) is 13.8 Å². The number of nitrogens with zero attached hydrogens (tertiary/aromatic N) is 4. The number of rotatable bonds is 5. The predicted octanol–water partition coefficient (Wildman–Crippen LogP) is 4.65. The number of carbonyl (C=O) groups is 1. The molecule has 7 nitrogen and oxygen atoms in total. The maximum atomic E-state index is 12.9. The highest BCUT2D eigenvalue weighted by molar-refractivity contribution is 7.13. The van der Waals surface area contributed by atoms with Gasteiger partial charge in [0.25, 0.3) is 0 Å². The summed E-state index contributed by atoms with van der Waals surface area (Å²) in [6.07, 6.45) is 7.81. The first-order valence-electron chi connectivity index (χ1n) is 9.65. The lowest BCUT2D eigenvalue weighted by molar-refractivity contribution is -0.129. The Morgan fingerprint density at radius 1 is 1.31 bits per heavy atom. The van der Waals surface area contributed by atoms with Crippen molar-refractivity contribution >= 4 is 34.3 Å². The number of amides is 1. The van der Waals surface area contributed by atoms with Crippen LogP contribution in [0.15, 0.2) is 40.3 Å². The Morgan fingerprint density at radius 3 is 2.97 bits per heavy atom. The summed E-state index contributed by atoms with van der Waals surface area (Å²) in [4.78, 5) is 28.3. The van der Waals surface area contributed by atoms with E-state index in [1.807, 2.05) is 36.3 Å². The Kier molecular flexibility index (Phi) is 5.71. The maximum Gasteiger partial charge on any atom is 0.247 e. The van der Waals surface area contributed by atoms with Crippen molar-refractivity contribution < 1.29 is 9.21 Å². The van der Waals surface area contributed by atoms with Gasteiger partial charge in [0, 0.05) is 24.1 Å². The summed E-state index contributed by atoms with van der Waals surface area (Å²) in [5.74, 6) is 2.00. The fraction of sp³-hybridized carbons (Fsp3) is 0.333. The minimum Gasteiger partial charge on any atom is -0.465 e. The maximum absolute atomic E-state index is 12.9. The molecule has 0 aromatic carbocycles. The van der Waals surface area contributed by atoms with Gasteiger partial charge >= 0.3 is 0 Å². The van der Waals surface area contributed by atoms with Gasteiger partial charge in [-0.1, -0.05) is 0 Å². The normalized spacial score (nSPS) is 17.0. The highest BCUT2D eigenvalue weighted by Gasteiger charge is 2.28. The summed E-state index contributed by atoms with van der Waals surface area (Å²) in [6, 6.07) is 5.48. The first-order chi connectivity index (χ1) is 14.1. The summed E-state index contributed by atoms with van der Waals surface area (Å²) in [7, 11) is 0. The van der Waals surface area contributed by atoms with Crippen LogP contribution in [-0.4, -0.2) is 32.3 Å². The van der Waals surface area contributed by atoms with Crippen molar-refractivity contribution in [1.82, 2.24) is 19.9 Å². The number of piperidine rings is 1. The van der Waals surface area contributed by atoms with E-state index in [9.17, 15) is 4.79 Å². The van der Waals surface area contributed by atoms with E-state index < -0.39 is 0 Å². The molecule has 8 heteroatoms. The van der Waals surface area contributed by atoms with Crippen LogP contribution in [0.3, 0.4) is 0 Å². The zero-order chi connectivity index (χ0) is 20.2. The molecular weight excluding hydrogens is 386 g/mol. The molecule has 1 atom stereocenters. The van der Waals surface area contributed by atoms with Crippen LogP contribution in [0.25, 0.3) is 6.08 Å². The van der Waals surface area contributed by atoms with Crippen LogP contribution in [0.5, 0.6) is 0 Å². The van der Waals surface area contributed by atoms with E-state index in [0.717, 1.165) is 35.8 Å². The molecule has 4 rings (SSSR count). The van der Waals surface area contributed by atoms with Crippen molar-refractivity contribution in [3.8, 4) is 0 Å². The number of hydrogen-bond donors (Lipinski definition) is 1. The van der Waals surface area contributed by atoms with Crippen LogP contribution in [0.4, 0.5) is 10.9 Å². The first-order valence-corrected chi connectivity index (χ1v) is 10.5. The van der Waals surface area contributed by atoms with Gasteiger partial charge in [0.15, 0.2) is 5.13 Å². The number of likely N-dealkylation sites (tertiary alicyclic amines) is 1. The molecule has 29 heavy (non-hydrogen) atoms. The summed E-state index contributed by atoms with van der Waals surface area (Å²) in [5, 5.41) is 6.05. The first kappa shape index (κ1) is 19.3. The average molecular weight is 410 g/mol. The summed E-state index contributed by atoms with van der Waals surface area (Å²) >= 11 is 1.54. The molecule has 1 aliphatic rings. The van der Waals surface area contributed by atoms with Crippen molar-refractivity contribution in [2.45, 2.75) is 39.2 Å². The molecular formula is C21H23N5O2S. The van der Waals surface area contributed by atoms with Gasteiger partial charge in [-0.2, -0.15) is 0 Å². The molecule has 0 aliphatic carbocycles. The van der Waals surface area contributed by atoms with Crippen molar-refractivity contribution in [3.63, 3.8) is 0 Å². The minimum absolute atomic E-state index is 0.0348. The Hall–Kier alpha value is -3.00. The highest BCUT2D eigenvalue weighted by atomic mass is 32.1. The monoisotopic (exact) mass is 409 g/mol. The lowest BCUT2D eigenvalue weighted by Gasteiger charge is -2.35. The van der Waals surface area contributed by atoms with E-state index >= 15 is 0 Å². The van der Waals surface area contributed by atoms with E-state index in [1.165, 1.54) is 11.3 Å². The smallest absolute Gasteiger partial charge is 0.247 e. The lowest BCUT2D eigenvalue weighted by Crippen LogP contribution is -2.38. The number of aromatic nitrogens is 3. The lowest BCUT2D eigenvalue weighted by atomic mass is 9.98. The zero-order valence-corrected chi connectivity index (χ0v) is 17.3. The molecule has 0 saturated carbocycles. The number of carbonyl (C=O) groups excluding carboxylic acids is 1. The molecule has 3 aromatic rings. The van der Waals surface area contributed by atoms with Crippen LogP contribution < -0.4 is 5.32 Å². The van der Waals surface area contributed by atoms with Gasteiger partial charge < -0.3 is 14.6 Å². The number of hydrogen-bond acceptors (Lipinski definition) is 7. The molecule has 1 fully saturated rings. The van der Waals surface area contributed by atoms with Gasteiger partial charge in [-0.25, -0.2) is 15.0 Å². The third-order valence-electron chi connectivity index (χ3n) is 4.77. The van der Waals surface area contributed by atoms with Gasteiger partial charge in [-0.3, -0.25) is 4.79 Å². The molecule has 1 saturated heterocycles. The van der Waals surface area contributed by atoms with E-state index in [2.05, 4.69) is 20.3 Å². The van der Waals surface area contributed by atoms with E-state index in [4.69, 9.17) is 4.42 Å². The Morgan fingerprint density at radius 2 is 2.21 bits per heavy atom. The fourth-order valence-electron chi connectivity index (χ4n) is 3.48. The Labute approximate surface area is 173 Å². The van der Waals surface area contributed by atoms with Gasteiger partial charge in [-0.05, 0) is 51.3 Å². The van der Waals surface area contributed by atoms with Crippen molar-refractivity contribution in [3.05, 3.63) is 58.9 Å². The summed E-state index contributed by atoms with van der Waals surface area (Å²) in [6.45, 7) is 4.54. The standard InChI is InChI=1S/C21H23N5O2S/c1-14-13-29-21(22-14)25-19-12-17(23-15(2)24-19)18-7-3-4-10-26(18)20(27)9-8-16-6-5-11-28-16/h5-6,8-9,11-13,18H,3-4,7,10H2,1-2H3,(H,22,23,24,25)/b9-8+. The van der Waals surface area contributed by atoms with Crippen molar-refractivity contribution in [2.75, 3.05) is 11.9 Å². The molecule has 1 N–H and O–H groups in total. The molecule has 150 valence electrons. The number of thiazole rings is 1. The molecule has 1 aliphatic heterocycles. The van der Waals surface area contributed by atoms with E-state index in [0.29, 0.717) is 23.9 Å². The van der Waals surface area contributed by atoms with Crippen LogP contribution in [-0.2, 0) is 4.79 Å². The highest BCUT2D eigenvalue weighted by Crippen LogP contribution is 2.32. The fourth-order valence-corrected chi connectivity index (χ4v) is 4.18. The van der Waals surface area contributed by atoms with Gasteiger partial charge in [-0.15, -0.1) is 11.3 Å². The third-order valence-corrected chi connectivity index (χ3v) is 5.65. The largest absolute Gasteiger partial charge is 0.465 e. The SMILES string of the molecule is Cc1csc(Nc2cc(C3CCCCN3C(=O)/C=C/c3ccco3)nc(C)n2)n1. The Bertz CT molecular complexity index is 1010. The molecule has 0 spiro atoms. The predicted molar refractivity (Wildman–Crippen MR) is 113 cm³/mol. The van der Waals surface area contributed by atoms with Gasteiger partial charge in [0.2, 0.25) is 5.91 Å². The number of nitrogens with one attached hydrogen (secondary N) is 1. The topological polar surface area (TPSA) is 84.2 Å². The summed E-state index contributed by atoms with van der Waals surface area (Å²) < 4.78 is 5.28. The van der Waals surface area contributed by atoms with Crippen molar-refractivity contribution in [1.29, 1.82) is 0 Å². The molecule has 0 bridgehead atoms. The van der Waals surface area contributed by atoms with Gasteiger partial charge in [0.1, 0.15) is 17.4 Å². The summed E-state index contributed by atoms with van der Waals surface area (Å²) in [5.41, 5.74) is 1.82. The van der Waals surface area contributed by atoms with Crippen LogP contribution in [0.2, 0.25) is 0 Å². The number of anilines is 2. The molecule has 3 aromatic heterocycles.